The lowest BCUT2D eigenvalue weighted by molar-refractivity contribution is 0.127. The van der Waals surface area contributed by atoms with Crippen LogP contribution in [0.5, 0.6) is 0 Å². The lowest BCUT2D eigenvalue weighted by atomic mass is 9.89. The standard InChI is InChI=1S/C19H30NO5P/c1-3-24-26(22,25-4-2)18(17-13-9-6-10-14-17)20-19(21)23-15-16-11-7-5-8-12-16/h5,7-8,11-12,17-18H,3-4,6,9-10,13-15H2,1-2H3,(H,20,21)/t18-/m1/s1. The Morgan fingerprint density at radius 3 is 2.31 bits per heavy atom. The highest BCUT2D eigenvalue weighted by molar-refractivity contribution is 7.54. The average Bonchev–Trinajstić information content (AvgIpc) is 2.66. The molecule has 2 rings (SSSR count). The molecule has 0 bridgehead atoms. The predicted octanol–water partition coefficient (Wildman–Crippen LogP) is 5.09. The third-order valence-electron chi connectivity index (χ3n) is 4.53. The van der Waals surface area contributed by atoms with Gasteiger partial charge in [-0.05, 0) is 38.2 Å². The van der Waals surface area contributed by atoms with E-state index in [1.165, 1.54) is 0 Å². The van der Waals surface area contributed by atoms with E-state index in [1.807, 2.05) is 30.3 Å². The smallest absolute Gasteiger partial charge is 0.408 e. The van der Waals surface area contributed by atoms with Crippen molar-refractivity contribution in [3.8, 4) is 0 Å². The fraction of sp³-hybridized carbons (Fsp3) is 0.632. The number of rotatable bonds is 9. The summed E-state index contributed by atoms with van der Waals surface area (Å²) in [6.07, 6.45) is 4.47. The van der Waals surface area contributed by atoms with Gasteiger partial charge in [0.05, 0.1) is 13.2 Å². The lowest BCUT2D eigenvalue weighted by Gasteiger charge is -2.34. The Balaban J connectivity index is 2.06. The molecule has 1 atom stereocenters. The summed E-state index contributed by atoms with van der Waals surface area (Å²) in [6, 6.07) is 9.46. The van der Waals surface area contributed by atoms with Gasteiger partial charge in [-0.15, -0.1) is 0 Å². The summed E-state index contributed by atoms with van der Waals surface area (Å²) in [4.78, 5) is 12.4. The number of carbonyl (C=O) groups excluding carboxylic acids is 1. The monoisotopic (exact) mass is 383 g/mol. The molecule has 1 aromatic carbocycles. The Morgan fingerprint density at radius 1 is 1.12 bits per heavy atom. The molecule has 26 heavy (non-hydrogen) atoms. The van der Waals surface area contributed by atoms with Crippen LogP contribution in [0.2, 0.25) is 0 Å². The summed E-state index contributed by atoms with van der Waals surface area (Å²) in [7, 11) is -3.46. The van der Waals surface area contributed by atoms with Crippen molar-refractivity contribution in [3.05, 3.63) is 35.9 Å². The van der Waals surface area contributed by atoms with E-state index in [1.54, 1.807) is 13.8 Å². The molecule has 1 N–H and O–H groups in total. The van der Waals surface area contributed by atoms with Gasteiger partial charge in [-0.1, -0.05) is 49.6 Å². The first-order valence-corrected chi connectivity index (χ1v) is 11.1. The minimum Gasteiger partial charge on any atom is -0.445 e. The van der Waals surface area contributed by atoms with Gasteiger partial charge < -0.3 is 19.1 Å². The molecule has 1 aliphatic carbocycles. The van der Waals surface area contributed by atoms with Crippen LogP contribution in [0.15, 0.2) is 30.3 Å². The second-order valence-electron chi connectivity index (χ2n) is 6.42. The average molecular weight is 383 g/mol. The first-order valence-electron chi connectivity index (χ1n) is 9.45. The fourth-order valence-electron chi connectivity index (χ4n) is 3.35. The number of hydrogen-bond donors (Lipinski definition) is 1. The quantitative estimate of drug-likeness (QED) is 0.602. The van der Waals surface area contributed by atoms with Crippen LogP contribution in [0.3, 0.4) is 0 Å². The molecular weight excluding hydrogens is 353 g/mol. The highest BCUT2D eigenvalue weighted by atomic mass is 31.2. The molecule has 1 aliphatic rings. The summed E-state index contributed by atoms with van der Waals surface area (Å²) in [6.45, 7) is 4.24. The Hall–Kier alpha value is -1.36. The second kappa shape index (κ2) is 10.7. The first-order chi connectivity index (χ1) is 12.6. The Kier molecular flexibility index (Phi) is 8.63. The van der Waals surface area contributed by atoms with Crippen LogP contribution in [0.4, 0.5) is 4.79 Å². The van der Waals surface area contributed by atoms with Gasteiger partial charge >= 0.3 is 13.7 Å². The SMILES string of the molecule is CCOP(=O)(OCC)[C@@H](NC(=O)OCc1ccccc1)C1CCCCC1. The molecule has 0 aromatic heterocycles. The van der Waals surface area contributed by atoms with Crippen LogP contribution in [-0.2, 0) is 25.0 Å². The summed E-state index contributed by atoms with van der Waals surface area (Å²) in [5, 5.41) is 2.79. The van der Waals surface area contributed by atoms with Gasteiger partial charge in [0.1, 0.15) is 12.4 Å². The van der Waals surface area contributed by atoms with Gasteiger partial charge in [0, 0.05) is 0 Å². The highest BCUT2D eigenvalue weighted by Crippen LogP contribution is 2.56. The van der Waals surface area contributed by atoms with Gasteiger partial charge in [-0.2, -0.15) is 0 Å². The third kappa shape index (κ3) is 6.11. The molecule has 0 radical (unpaired) electrons. The number of ether oxygens (including phenoxy) is 1. The largest absolute Gasteiger partial charge is 0.445 e. The number of nitrogens with one attached hydrogen (secondary N) is 1. The zero-order valence-electron chi connectivity index (χ0n) is 15.7. The minimum absolute atomic E-state index is 0.0666. The maximum atomic E-state index is 13.3. The van der Waals surface area contributed by atoms with Gasteiger partial charge in [0.25, 0.3) is 0 Å². The maximum absolute atomic E-state index is 13.3. The zero-order valence-corrected chi connectivity index (χ0v) is 16.6. The fourth-order valence-corrected chi connectivity index (χ4v) is 5.54. The van der Waals surface area contributed by atoms with E-state index in [-0.39, 0.29) is 25.7 Å². The molecule has 146 valence electrons. The van der Waals surface area contributed by atoms with Crippen molar-refractivity contribution in [3.63, 3.8) is 0 Å². The number of hydrogen-bond acceptors (Lipinski definition) is 5. The van der Waals surface area contributed by atoms with E-state index >= 15 is 0 Å². The number of amides is 1. The van der Waals surface area contributed by atoms with Crippen LogP contribution in [0.25, 0.3) is 0 Å². The Labute approximate surface area is 156 Å². The molecule has 1 saturated carbocycles. The molecule has 7 heteroatoms. The van der Waals surface area contributed by atoms with E-state index in [0.29, 0.717) is 0 Å². The molecule has 6 nitrogen and oxygen atoms in total. The molecule has 1 fully saturated rings. The third-order valence-corrected chi connectivity index (χ3v) is 7.00. The summed E-state index contributed by atoms with van der Waals surface area (Å²) in [5.74, 6) is -0.608. The first kappa shape index (κ1) is 20.9. The second-order valence-corrected chi connectivity index (χ2v) is 8.58. The molecule has 1 amide bonds. The number of benzene rings is 1. The van der Waals surface area contributed by atoms with Crippen molar-refractivity contribution in [1.82, 2.24) is 5.32 Å². The van der Waals surface area contributed by atoms with Crippen molar-refractivity contribution in [1.29, 1.82) is 0 Å². The van der Waals surface area contributed by atoms with Crippen LogP contribution in [0.1, 0.15) is 51.5 Å². The molecule has 0 unspecified atom stereocenters. The van der Waals surface area contributed by atoms with E-state index in [0.717, 1.165) is 37.7 Å². The van der Waals surface area contributed by atoms with E-state index in [4.69, 9.17) is 13.8 Å². The highest BCUT2D eigenvalue weighted by Gasteiger charge is 2.42. The van der Waals surface area contributed by atoms with Crippen molar-refractivity contribution in [2.45, 2.75) is 58.3 Å². The zero-order chi connectivity index (χ0) is 18.8. The Bertz CT molecular complexity index is 579. The van der Waals surface area contributed by atoms with Crippen LogP contribution >= 0.6 is 7.60 Å². The van der Waals surface area contributed by atoms with Crippen molar-refractivity contribution >= 4 is 13.7 Å². The van der Waals surface area contributed by atoms with Crippen molar-refractivity contribution in [2.75, 3.05) is 13.2 Å². The van der Waals surface area contributed by atoms with E-state index in [9.17, 15) is 9.36 Å². The number of carbonyl (C=O) groups is 1. The van der Waals surface area contributed by atoms with Crippen molar-refractivity contribution in [2.24, 2.45) is 5.92 Å². The molecule has 0 saturated heterocycles. The van der Waals surface area contributed by atoms with Gasteiger partial charge in [0.2, 0.25) is 0 Å². The summed E-state index contributed by atoms with van der Waals surface area (Å²) in [5.41, 5.74) is 0.898. The lowest BCUT2D eigenvalue weighted by Crippen LogP contribution is -2.42. The minimum atomic E-state index is -3.46. The van der Waals surface area contributed by atoms with E-state index in [2.05, 4.69) is 5.32 Å². The van der Waals surface area contributed by atoms with Crippen molar-refractivity contribution < 1.29 is 23.1 Å². The van der Waals surface area contributed by atoms with Crippen LogP contribution in [-0.4, -0.2) is 25.1 Å². The summed E-state index contributed by atoms with van der Waals surface area (Å²) < 4.78 is 29.7. The maximum Gasteiger partial charge on any atom is 0.408 e. The van der Waals surface area contributed by atoms with E-state index < -0.39 is 19.5 Å². The van der Waals surface area contributed by atoms with Crippen LogP contribution < -0.4 is 5.32 Å². The van der Waals surface area contributed by atoms with Crippen LogP contribution in [0, 0.1) is 5.92 Å². The number of alkyl carbamates (subject to hydrolysis) is 1. The summed E-state index contributed by atoms with van der Waals surface area (Å²) >= 11 is 0. The normalized spacial score (nSPS) is 16.8. The molecule has 0 spiro atoms. The predicted molar refractivity (Wildman–Crippen MR) is 101 cm³/mol. The van der Waals surface area contributed by atoms with Gasteiger partial charge in [-0.25, -0.2) is 4.79 Å². The van der Waals surface area contributed by atoms with Gasteiger partial charge in [-0.3, -0.25) is 4.57 Å². The van der Waals surface area contributed by atoms with Gasteiger partial charge in [0.15, 0.2) is 0 Å². The molecule has 1 aromatic rings. The molecular formula is C19H30NO5P. The molecule has 0 aliphatic heterocycles. The molecule has 0 heterocycles. The topological polar surface area (TPSA) is 73.9 Å². The Morgan fingerprint density at radius 2 is 1.73 bits per heavy atom.